The number of carbonyl (C=O) groups is 1. The number of para-hydroxylation sites is 1. The van der Waals surface area contributed by atoms with Crippen LogP contribution in [0.2, 0.25) is 0 Å². The molecule has 47 heavy (non-hydrogen) atoms. The van der Waals surface area contributed by atoms with Crippen molar-refractivity contribution in [2.24, 2.45) is 0 Å². The van der Waals surface area contributed by atoms with E-state index in [4.69, 9.17) is 13.6 Å². The molecule has 1 amide bonds. The van der Waals surface area contributed by atoms with E-state index in [9.17, 15) is 27.1 Å². The van der Waals surface area contributed by atoms with Crippen LogP contribution in [0.1, 0.15) is 16.8 Å². The van der Waals surface area contributed by atoms with Crippen molar-refractivity contribution in [3.63, 3.8) is 0 Å². The Kier molecular flexibility index (Phi) is 8.43. The van der Waals surface area contributed by atoms with Crippen LogP contribution in [-0.2, 0) is 10.0 Å². The van der Waals surface area contributed by atoms with E-state index in [-0.39, 0.29) is 59.2 Å². The zero-order valence-electron chi connectivity index (χ0n) is 25.5. The number of aliphatic hydroxyl groups excluding tert-OH is 1. The van der Waals surface area contributed by atoms with Gasteiger partial charge in [0.05, 0.1) is 30.2 Å². The zero-order chi connectivity index (χ0) is 33.5. The molecule has 0 saturated heterocycles. The third-order valence-electron chi connectivity index (χ3n) is 7.67. The Balaban J connectivity index is 1.66. The molecule has 0 spiro atoms. The number of aliphatic hydroxyl groups is 1. The molecule has 0 aliphatic heterocycles. The predicted molar refractivity (Wildman–Crippen MR) is 174 cm³/mol. The lowest BCUT2D eigenvalue weighted by Gasteiger charge is -2.25. The number of hydrogen-bond donors (Lipinski definition) is 2. The number of methoxy groups -OCH3 is 1. The standard InChI is InChI=1S/C34H29F2N3O7S/c1-37-33(41)30-23-17-22(20-10-13-27(44-2)24(16-20)34-38-31-25(36)6-4-7-28(31)46-34)26(39(14-5-15-40)47(3,42)43)18-29(23)45-32(30)19-8-11-21(35)12-9-19/h4,6-13,16-18,40H,5,14-15H2,1-3H3,(H,37,41). The van der Waals surface area contributed by atoms with E-state index in [0.717, 1.165) is 10.6 Å². The van der Waals surface area contributed by atoms with E-state index >= 15 is 0 Å². The zero-order valence-corrected chi connectivity index (χ0v) is 26.3. The average Bonchev–Trinajstić information content (AvgIpc) is 3.66. The maximum absolute atomic E-state index is 14.5. The Morgan fingerprint density at radius 1 is 0.979 bits per heavy atom. The summed E-state index contributed by atoms with van der Waals surface area (Å²) in [6, 6.07) is 17.9. The van der Waals surface area contributed by atoms with Crippen molar-refractivity contribution in [3.05, 3.63) is 90.0 Å². The summed E-state index contributed by atoms with van der Waals surface area (Å²) >= 11 is 0. The van der Waals surface area contributed by atoms with Crippen LogP contribution in [0.4, 0.5) is 14.5 Å². The molecule has 0 bridgehead atoms. The Morgan fingerprint density at radius 2 is 1.72 bits per heavy atom. The number of furan rings is 1. The molecule has 0 unspecified atom stereocenters. The summed E-state index contributed by atoms with van der Waals surface area (Å²) in [4.78, 5) is 17.7. The van der Waals surface area contributed by atoms with E-state index in [1.54, 1.807) is 30.3 Å². The van der Waals surface area contributed by atoms with Gasteiger partial charge in [0.15, 0.2) is 11.4 Å². The summed E-state index contributed by atoms with van der Waals surface area (Å²) in [6.07, 6.45) is 1.18. The van der Waals surface area contributed by atoms with Gasteiger partial charge in [0, 0.05) is 42.8 Å². The van der Waals surface area contributed by atoms with E-state index in [1.165, 1.54) is 56.6 Å². The van der Waals surface area contributed by atoms with Crippen LogP contribution in [0.15, 0.2) is 81.6 Å². The summed E-state index contributed by atoms with van der Waals surface area (Å²) in [5, 5.41) is 12.6. The van der Waals surface area contributed by atoms with Crippen molar-refractivity contribution >= 4 is 43.7 Å². The van der Waals surface area contributed by atoms with Gasteiger partial charge in [-0.25, -0.2) is 22.2 Å². The van der Waals surface area contributed by atoms with Crippen LogP contribution in [0, 0.1) is 11.6 Å². The number of nitrogens with one attached hydrogen (secondary N) is 1. The molecule has 2 heterocycles. The maximum Gasteiger partial charge on any atom is 0.255 e. The Bertz CT molecular complexity index is 2250. The summed E-state index contributed by atoms with van der Waals surface area (Å²) in [5.74, 6) is -0.929. The number of ether oxygens (including phenoxy) is 1. The minimum absolute atomic E-state index is 0.0336. The number of benzene rings is 4. The highest BCUT2D eigenvalue weighted by Crippen LogP contribution is 2.44. The highest BCUT2D eigenvalue weighted by atomic mass is 32.2. The van der Waals surface area contributed by atoms with Gasteiger partial charge in [-0.3, -0.25) is 9.10 Å². The molecule has 10 nitrogen and oxygen atoms in total. The molecule has 2 N–H and O–H groups in total. The first-order valence-electron chi connectivity index (χ1n) is 14.4. The maximum atomic E-state index is 14.5. The van der Waals surface area contributed by atoms with Gasteiger partial charge < -0.3 is 24.0 Å². The third-order valence-corrected chi connectivity index (χ3v) is 8.85. The van der Waals surface area contributed by atoms with Gasteiger partial charge in [0.1, 0.15) is 28.4 Å². The second-order valence-electron chi connectivity index (χ2n) is 10.7. The monoisotopic (exact) mass is 661 g/mol. The summed E-state index contributed by atoms with van der Waals surface area (Å²) in [5.41, 5.74) is 2.46. The first-order valence-corrected chi connectivity index (χ1v) is 16.3. The van der Waals surface area contributed by atoms with Crippen molar-refractivity contribution < 1.29 is 40.7 Å². The molecule has 0 saturated carbocycles. The number of fused-ring (bicyclic) bond motifs is 2. The van der Waals surface area contributed by atoms with Gasteiger partial charge in [-0.1, -0.05) is 12.1 Å². The molecule has 0 aliphatic rings. The average molecular weight is 662 g/mol. The van der Waals surface area contributed by atoms with Crippen LogP contribution in [0.5, 0.6) is 5.75 Å². The quantitative estimate of drug-likeness (QED) is 0.173. The summed E-state index contributed by atoms with van der Waals surface area (Å²) < 4.78 is 73.5. The molecule has 242 valence electrons. The molecule has 0 radical (unpaired) electrons. The van der Waals surface area contributed by atoms with E-state index < -0.39 is 27.6 Å². The van der Waals surface area contributed by atoms with Crippen LogP contribution in [0.25, 0.3) is 56.0 Å². The van der Waals surface area contributed by atoms with E-state index in [1.807, 2.05) is 0 Å². The lowest BCUT2D eigenvalue weighted by atomic mass is 9.96. The van der Waals surface area contributed by atoms with Crippen molar-refractivity contribution in [2.45, 2.75) is 6.42 Å². The minimum atomic E-state index is -3.91. The van der Waals surface area contributed by atoms with Crippen molar-refractivity contribution in [2.75, 3.05) is 37.9 Å². The van der Waals surface area contributed by atoms with E-state index in [2.05, 4.69) is 10.3 Å². The SMILES string of the molecule is CNC(=O)c1c(-c2ccc(F)cc2)oc2cc(N(CCCO)S(C)(=O)=O)c(-c3ccc(OC)c(-c4nc5c(F)cccc5o4)c3)cc12. The molecular formula is C34H29F2N3O7S. The minimum Gasteiger partial charge on any atom is -0.496 e. The lowest BCUT2D eigenvalue weighted by Crippen LogP contribution is -2.31. The molecule has 2 aromatic heterocycles. The van der Waals surface area contributed by atoms with Gasteiger partial charge in [-0.2, -0.15) is 0 Å². The number of nitrogens with zero attached hydrogens (tertiary/aromatic N) is 2. The number of hydrogen-bond acceptors (Lipinski definition) is 8. The Morgan fingerprint density at radius 3 is 2.38 bits per heavy atom. The molecule has 6 rings (SSSR count). The highest BCUT2D eigenvalue weighted by molar-refractivity contribution is 7.92. The van der Waals surface area contributed by atoms with Gasteiger partial charge in [-0.15, -0.1) is 0 Å². The van der Waals surface area contributed by atoms with Gasteiger partial charge >= 0.3 is 0 Å². The number of halogens is 2. The van der Waals surface area contributed by atoms with Crippen LogP contribution >= 0.6 is 0 Å². The van der Waals surface area contributed by atoms with Crippen LogP contribution in [-0.4, -0.2) is 58.0 Å². The largest absolute Gasteiger partial charge is 0.496 e. The van der Waals surface area contributed by atoms with Gasteiger partial charge in [0.2, 0.25) is 15.9 Å². The molecule has 6 aromatic rings. The van der Waals surface area contributed by atoms with Crippen molar-refractivity contribution in [1.29, 1.82) is 0 Å². The lowest BCUT2D eigenvalue weighted by molar-refractivity contribution is 0.0964. The third kappa shape index (κ3) is 5.90. The topological polar surface area (TPSA) is 135 Å². The fourth-order valence-corrected chi connectivity index (χ4v) is 6.45. The predicted octanol–water partition coefficient (Wildman–Crippen LogP) is 6.37. The van der Waals surface area contributed by atoms with Crippen molar-refractivity contribution in [1.82, 2.24) is 10.3 Å². The summed E-state index contributed by atoms with van der Waals surface area (Å²) in [7, 11) is -0.987. The van der Waals surface area contributed by atoms with E-state index in [0.29, 0.717) is 33.4 Å². The fraction of sp³-hybridized carbons (Fsp3) is 0.176. The second kappa shape index (κ2) is 12.5. The number of amides is 1. The van der Waals surface area contributed by atoms with Gasteiger partial charge in [-0.05, 0) is 66.6 Å². The normalized spacial score (nSPS) is 11.7. The van der Waals surface area contributed by atoms with Crippen molar-refractivity contribution in [3.8, 4) is 39.7 Å². The first-order chi connectivity index (χ1) is 22.5. The number of sulfonamides is 1. The molecular weight excluding hydrogens is 632 g/mol. The number of oxazole rings is 1. The van der Waals surface area contributed by atoms with Gasteiger partial charge in [0.25, 0.3) is 5.91 Å². The Hall–Kier alpha value is -5.27. The highest BCUT2D eigenvalue weighted by Gasteiger charge is 2.28. The number of aromatic nitrogens is 1. The first kappa shape index (κ1) is 31.7. The number of anilines is 1. The molecule has 0 atom stereocenters. The molecule has 4 aromatic carbocycles. The molecule has 13 heteroatoms. The van der Waals surface area contributed by atoms with Crippen LogP contribution < -0.4 is 14.4 Å². The second-order valence-corrected chi connectivity index (χ2v) is 12.6. The Labute approximate surface area is 268 Å². The molecule has 0 fully saturated rings. The smallest absolute Gasteiger partial charge is 0.255 e. The number of carbonyl (C=O) groups excluding carboxylic acids is 1. The number of rotatable bonds is 10. The fourth-order valence-electron chi connectivity index (χ4n) is 5.48. The summed E-state index contributed by atoms with van der Waals surface area (Å²) in [6.45, 7) is -0.323. The van der Waals surface area contributed by atoms with Crippen LogP contribution in [0.3, 0.4) is 0 Å². The molecule has 0 aliphatic carbocycles.